The van der Waals surface area contributed by atoms with Crippen molar-refractivity contribution in [2.75, 3.05) is 25.0 Å². The van der Waals surface area contributed by atoms with Gasteiger partial charge in [-0.3, -0.25) is 0 Å². The van der Waals surface area contributed by atoms with E-state index in [1.54, 1.807) is 0 Å². The first-order valence-corrected chi connectivity index (χ1v) is 6.36. The molecule has 1 aromatic rings. The number of benzene rings is 1. The van der Waals surface area contributed by atoms with Gasteiger partial charge >= 0.3 is 0 Å². The molecule has 1 unspecified atom stereocenters. The molecule has 0 spiro atoms. The summed E-state index contributed by atoms with van der Waals surface area (Å²) in [5.74, 6) is 0.867. The van der Waals surface area contributed by atoms with Crippen LogP contribution in [0.15, 0.2) is 24.3 Å². The first kappa shape index (κ1) is 11.5. The molecule has 1 aromatic carbocycles. The van der Waals surface area contributed by atoms with Crippen molar-refractivity contribution in [2.24, 2.45) is 5.92 Å². The zero-order valence-corrected chi connectivity index (χ0v) is 10.1. The van der Waals surface area contributed by atoms with Crippen molar-refractivity contribution in [3.63, 3.8) is 0 Å². The lowest BCUT2D eigenvalue weighted by Gasteiger charge is -2.22. The van der Waals surface area contributed by atoms with Gasteiger partial charge in [0.25, 0.3) is 0 Å². The number of hydrogen-bond acceptors (Lipinski definition) is 2. The molecule has 0 saturated carbocycles. The van der Waals surface area contributed by atoms with Crippen LogP contribution in [-0.4, -0.2) is 19.6 Å². The fourth-order valence-electron chi connectivity index (χ4n) is 2.26. The number of nitrogens with one attached hydrogen (secondary N) is 2. The third-order valence-electron chi connectivity index (χ3n) is 3.33. The predicted octanol–water partition coefficient (Wildman–Crippen LogP) is 2.80. The molecule has 2 rings (SSSR count). The number of piperidine rings is 1. The molecule has 2 heteroatoms. The molecule has 0 aromatic heterocycles. The molecule has 1 fully saturated rings. The monoisotopic (exact) mass is 218 g/mol. The number of anilines is 1. The maximum Gasteiger partial charge on any atom is 0.0340 e. The molecule has 1 heterocycles. The van der Waals surface area contributed by atoms with Crippen molar-refractivity contribution >= 4 is 5.69 Å². The third kappa shape index (κ3) is 3.53. The SMILES string of the molecule is Cc1ccc(NCCC2CCCNC2)cc1. The first-order chi connectivity index (χ1) is 7.84. The van der Waals surface area contributed by atoms with Crippen LogP contribution in [0.4, 0.5) is 5.69 Å². The maximum atomic E-state index is 3.49. The highest BCUT2D eigenvalue weighted by atomic mass is 14.9. The number of rotatable bonds is 4. The van der Waals surface area contributed by atoms with E-state index in [-0.39, 0.29) is 0 Å². The van der Waals surface area contributed by atoms with Crippen molar-refractivity contribution in [1.29, 1.82) is 0 Å². The molecule has 2 nitrogen and oxygen atoms in total. The molecule has 88 valence electrons. The molecule has 1 aliphatic heterocycles. The van der Waals surface area contributed by atoms with E-state index in [2.05, 4.69) is 41.8 Å². The zero-order chi connectivity index (χ0) is 11.2. The van der Waals surface area contributed by atoms with E-state index in [0.29, 0.717) is 0 Å². The Hall–Kier alpha value is -1.02. The minimum Gasteiger partial charge on any atom is -0.385 e. The van der Waals surface area contributed by atoms with Crippen LogP contribution in [0.5, 0.6) is 0 Å². The van der Waals surface area contributed by atoms with Crippen LogP contribution >= 0.6 is 0 Å². The van der Waals surface area contributed by atoms with Crippen LogP contribution in [0, 0.1) is 12.8 Å². The Kier molecular flexibility index (Phi) is 4.23. The van der Waals surface area contributed by atoms with Gasteiger partial charge in [0.05, 0.1) is 0 Å². The van der Waals surface area contributed by atoms with Gasteiger partial charge in [0.2, 0.25) is 0 Å². The van der Waals surface area contributed by atoms with Gasteiger partial charge in [0, 0.05) is 12.2 Å². The predicted molar refractivity (Wildman–Crippen MR) is 69.9 cm³/mol. The van der Waals surface area contributed by atoms with E-state index in [1.807, 2.05) is 0 Å². The van der Waals surface area contributed by atoms with Crippen LogP contribution in [0.25, 0.3) is 0 Å². The Morgan fingerprint density at radius 3 is 2.81 bits per heavy atom. The van der Waals surface area contributed by atoms with Crippen LogP contribution in [0.1, 0.15) is 24.8 Å². The highest BCUT2D eigenvalue weighted by Gasteiger charge is 2.11. The van der Waals surface area contributed by atoms with Crippen LogP contribution in [0.3, 0.4) is 0 Å². The fraction of sp³-hybridized carbons (Fsp3) is 0.571. The van der Waals surface area contributed by atoms with E-state index in [9.17, 15) is 0 Å². The quantitative estimate of drug-likeness (QED) is 0.812. The lowest BCUT2D eigenvalue weighted by molar-refractivity contribution is 0.364. The molecule has 0 aliphatic carbocycles. The summed E-state index contributed by atoms with van der Waals surface area (Å²) in [6.45, 7) is 5.63. The van der Waals surface area contributed by atoms with Gasteiger partial charge < -0.3 is 10.6 Å². The average Bonchev–Trinajstić information content (AvgIpc) is 2.33. The first-order valence-electron chi connectivity index (χ1n) is 6.36. The Balaban J connectivity index is 1.69. The van der Waals surface area contributed by atoms with E-state index in [0.717, 1.165) is 12.5 Å². The van der Waals surface area contributed by atoms with E-state index < -0.39 is 0 Å². The van der Waals surface area contributed by atoms with Crippen molar-refractivity contribution < 1.29 is 0 Å². The maximum absolute atomic E-state index is 3.49. The second kappa shape index (κ2) is 5.90. The summed E-state index contributed by atoms with van der Waals surface area (Å²) in [7, 11) is 0. The Labute approximate surface area is 98.4 Å². The lowest BCUT2D eigenvalue weighted by Crippen LogP contribution is -2.30. The molecule has 0 amide bonds. The topological polar surface area (TPSA) is 24.1 Å². The van der Waals surface area contributed by atoms with Crippen molar-refractivity contribution in [2.45, 2.75) is 26.2 Å². The van der Waals surface area contributed by atoms with Gasteiger partial charge in [-0.1, -0.05) is 17.7 Å². The molecule has 0 radical (unpaired) electrons. The smallest absolute Gasteiger partial charge is 0.0340 e. The Morgan fingerprint density at radius 1 is 1.31 bits per heavy atom. The van der Waals surface area contributed by atoms with Crippen molar-refractivity contribution in [3.8, 4) is 0 Å². The second-order valence-corrected chi connectivity index (χ2v) is 4.79. The Morgan fingerprint density at radius 2 is 2.12 bits per heavy atom. The third-order valence-corrected chi connectivity index (χ3v) is 3.33. The minimum absolute atomic E-state index is 0.867. The fourth-order valence-corrected chi connectivity index (χ4v) is 2.26. The van der Waals surface area contributed by atoms with Gasteiger partial charge in [-0.2, -0.15) is 0 Å². The van der Waals surface area contributed by atoms with Crippen LogP contribution < -0.4 is 10.6 Å². The van der Waals surface area contributed by atoms with Gasteiger partial charge in [0.1, 0.15) is 0 Å². The zero-order valence-electron chi connectivity index (χ0n) is 10.1. The molecule has 1 aliphatic rings. The average molecular weight is 218 g/mol. The van der Waals surface area contributed by atoms with E-state index in [1.165, 1.54) is 43.6 Å². The number of aryl methyl sites for hydroxylation is 1. The lowest BCUT2D eigenvalue weighted by atomic mass is 9.96. The van der Waals surface area contributed by atoms with Crippen molar-refractivity contribution in [1.82, 2.24) is 5.32 Å². The van der Waals surface area contributed by atoms with Gasteiger partial charge in [-0.15, -0.1) is 0 Å². The molecule has 16 heavy (non-hydrogen) atoms. The van der Waals surface area contributed by atoms with Crippen LogP contribution in [0.2, 0.25) is 0 Å². The highest BCUT2D eigenvalue weighted by molar-refractivity contribution is 5.44. The standard InChI is InChI=1S/C14H22N2/c1-12-4-6-14(7-5-12)16-10-8-13-3-2-9-15-11-13/h4-7,13,15-16H,2-3,8-11H2,1H3. The van der Waals surface area contributed by atoms with E-state index in [4.69, 9.17) is 0 Å². The summed E-state index contributed by atoms with van der Waals surface area (Å²) in [4.78, 5) is 0. The Bertz CT molecular complexity index is 299. The highest BCUT2D eigenvalue weighted by Crippen LogP contribution is 2.15. The molecular formula is C14H22N2. The van der Waals surface area contributed by atoms with Gasteiger partial charge in [-0.05, 0) is 57.3 Å². The number of hydrogen-bond donors (Lipinski definition) is 2. The van der Waals surface area contributed by atoms with Gasteiger partial charge in [-0.25, -0.2) is 0 Å². The molecule has 1 saturated heterocycles. The molecule has 0 bridgehead atoms. The summed E-state index contributed by atoms with van der Waals surface area (Å²) in [5.41, 5.74) is 2.57. The summed E-state index contributed by atoms with van der Waals surface area (Å²) < 4.78 is 0. The minimum atomic E-state index is 0.867. The van der Waals surface area contributed by atoms with Crippen molar-refractivity contribution in [3.05, 3.63) is 29.8 Å². The largest absolute Gasteiger partial charge is 0.385 e. The summed E-state index contributed by atoms with van der Waals surface area (Å²) in [5, 5.41) is 6.95. The van der Waals surface area contributed by atoms with Gasteiger partial charge in [0.15, 0.2) is 0 Å². The molecule has 1 atom stereocenters. The normalized spacial score (nSPS) is 20.7. The summed E-state index contributed by atoms with van der Waals surface area (Å²) >= 11 is 0. The summed E-state index contributed by atoms with van der Waals surface area (Å²) in [6, 6.07) is 8.64. The molecule has 2 N–H and O–H groups in total. The molecular weight excluding hydrogens is 196 g/mol. The second-order valence-electron chi connectivity index (χ2n) is 4.79. The summed E-state index contributed by atoms with van der Waals surface area (Å²) in [6.07, 6.45) is 4.01. The van der Waals surface area contributed by atoms with Crippen LogP contribution in [-0.2, 0) is 0 Å². The van der Waals surface area contributed by atoms with E-state index >= 15 is 0 Å².